The number of halogens is 1. The normalized spacial score (nSPS) is 10.5. The molecule has 1 amide bonds. The first-order valence-electron chi connectivity index (χ1n) is 5.99. The van der Waals surface area contributed by atoms with E-state index in [1.807, 2.05) is 23.9 Å². The summed E-state index contributed by atoms with van der Waals surface area (Å²) in [6.45, 7) is 0.632. The zero-order valence-electron chi connectivity index (χ0n) is 11.0. The number of benzene rings is 1. The molecule has 0 saturated heterocycles. The highest BCUT2D eigenvalue weighted by atomic mass is 35.5. The molecule has 0 aliphatic carbocycles. The molecule has 0 radical (unpaired) electrons. The van der Waals surface area contributed by atoms with E-state index >= 15 is 0 Å². The van der Waals surface area contributed by atoms with Gasteiger partial charge in [-0.2, -0.15) is 11.3 Å². The summed E-state index contributed by atoms with van der Waals surface area (Å²) >= 11 is 9.12. The van der Waals surface area contributed by atoms with Crippen LogP contribution in [-0.4, -0.2) is 23.6 Å². The van der Waals surface area contributed by atoms with Gasteiger partial charge < -0.3 is 10.6 Å². The van der Waals surface area contributed by atoms with Crippen LogP contribution in [0.1, 0.15) is 5.56 Å². The van der Waals surface area contributed by atoms with Gasteiger partial charge in [-0.3, -0.25) is 4.79 Å². The van der Waals surface area contributed by atoms with Crippen LogP contribution in [0, 0.1) is 0 Å². The maximum Gasteiger partial charge on any atom is 0.232 e. The van der Waals surface area contributed by atoms with Crippen molar-refractivity contribution < 1.29 is 4.79 Å². The standard InChI is InChI=1S/C14H15ClN2OS2/c1-17(7-10-4-5-19-8-10)14(18)9-20-13-6-11(16)2-3-12(13)15/h2-6,8H,7,9,16H2,1H3. The van der Waals surface area contributed by atoms with Crippen molar-refractivity contribution in [3.05, 3.63) is 45.6 Å². The molecule has 1 aromatic carbocycles. The number of nitrogen functional groups attached to an aromatic ring is 1. The van der Waals surface area contributed by atoms with Gasteiger partial charge in [-0.1, -0.05) is 11.6 Å². The van der Waals surface area contributed by atoms with Crippen molar-refractivity contribution in [1.29, 1.82) is 0 Å². The minimum Gasteiger partial charge on any atom is -0.399 e. The topological polar surface area (TPSA) is 46.3 Å². The molecule has 0 fully saturated rings. The molecule has 0 aliphatic heterocycles. The molecule has 0 atom stereocenters. The third-order valence-electron chi connectivity index (χ3n) is 2.73. The minimum atomic E-state index is 0.0692. The predicted molar refractivity (Wildman–Crippen MR) is 87.4 cm³/mol. The number of hydrogen-bond acceptors (Lipinski definition) is 4. The molecule has 0 bridgehead atoms. The van der Waals surface area contributed by atoms with Gasteiger partial charge in [-0.15, -0.1) is 11.8 Å². The van der Waals surface area contributed by atoms with Gasteiger partial charge in [-0.25, -0.2) is 0 Å². The van der Waals surface area contributed by atoms with Gasteiger partial charge in [0.25, 0.3) is 0 Å². The van der Waals surface area contributed by atoms with E-state index in [-0.39, 0.29) is 5.91 Å². The van der Waals surface area contributed by atoms with Crippen molar-refractivity contribution in [2.24, 2.45) is 0 Å². The second-order valence-corrected chi connectivity index (χ2v) is 6.56. The summed E-state index contributed by atoms with van der Waals surface area (Å²) in [7, 11) is 1.81. The number of anilines is 1. The van der Waals surface area contributed by atoms with Crippen LogP contribution < -0.4 is 5.73 Å². The summed E-state index contributed by atoms with van der Waals surface area (Å²) in [5.41, 5.74) is 7.52. The first-order valence-corrected chi connectivity index (χ1v) is 8.30. The Morgan fingerprint density at radius 2 is 2.25 bits per heavy atom. The van der Waals surface area contributed by atoms with Crippen LogP contribution in [0.25, 0.3) is 0 Å². The first kappa shape index (κ1) is 15.2. The fourth-order valence-electron chi connectivity index (χ4n) is 1.62. The Morgan fingerprint density at radius 3 is 2.95 bits per heavy atom. The molecular formula is C14H15ClN2OS2. The lowest BCUT2D eigenvalue weighted by atomic mass is 10.3. The van der Waals surface area contributed by atoms with E-state index in [1.54, 1.807) is 34.4 Å². The van der Waals surface area contributed by atoms with Crippen LogP contribution in [0.15, 0.2) is 39.9 Å². The quantitative estimate of drug-likeness (QED) is 0.672. The molecule has 2 rings (SSSR count). The second kappa shape index (κ2) is 7.02. The largest absolute Gasteiger partial charge is 0.399 e. The minimum absolute atomic E-state index is 0.0692. The molecule has 1 aromatic heterocycles. The monoisotopic (exact) mass is 326 g/mol. The summed E-state index contributed by atoms with van der Waals surface area (Å²) in [5.74, 6) is 0.420. The van der Waals surface area contributed by atoms with Gasteiger partial charge in [0.2, 0.25) is 5.91 Å². The average Bonchev–Trinajstić information content (AvgIpc) is 2.92. The van der Waals surface area contributed by atoms with Crippen molar-refractivity contribution in [2.45, 2.75) is 11.4 Å². The summed E-state index contributed by atoms with van der Waals surface area (Å²) in [6.07, 6.45) is 0. The van der Waals surface area contributed by atoms with E-state index in [0.29, 0.717) is 23.0 Å². The highest BCUT2D eigenvalue weighted by Crippen LogP contribution is 2.29. The van der Waals surface area contributed by atoms with Crippen LogP contribution in [0.3, 0.4) is 0 Å². The van der Waals surface area contributed by atoms with E-state index in [4.69, 9.17) is 17.3 Å². The number of thioether (sulfide) groups is 1. The number of thiophene rings is 1. The van der Waals surface area contributed by atoms with Crippen LogP contribution in [-0.2, 0) is 11.3 Å². The molecular weight excluding hydrogens is 312 g/mol. The number of nitrogens with zero attached hydrogens (tertiary/aromatic N) is 1. The lowest BCUT2D eigenvalue weighted by molar-refractivity contribution is -0.127. The maximum atomic E-state index is 12.1. The smallest absolute Gasteiger partial charge is 0.232 e. The van der Waals surface area contributed by atoms with E-state index in [2.05, 4.69) is 0 Å². The number of carbonyl (C=O) groups is 1. The molecule has 0 spiro atoms. The first-order chi connectivity index (χ1) is 9.56. The van der Waals surface area contributed by atoms with Gasteiger partial charge in [-0.05, 0) is 40.6 Å². The number of carbonyl (C=O) groups excluding carboxylic acids is 1. The van der Waals surface area contributed by atoms with Crippen molar-refractivity contribution in [3.8, 4) is 0 Å². The molecule has 0 saturated carbocycles. The average molecular weight is 327 g/mol. The van der Waals surface area contributed by atoms with E-state index in [0.717, 1.165) is 10.5 Å². The van der Waals surface area contributed by atoms with Gasteiger partial charge in [0.15, 0.2) is 0 Å². The van der Waals surface area contributed by atoms with Gasteiger partial charge in [0.1, 0.15) is 0 Å². The fraction of sp³-hybridized carbons (Fsp3) is 0.214. The number of amides is 1. The summed E-state index contributed by atoms with van der Waals surface area (Å²) < 4.78 is 0. The molecule has 3 nitrogen and oxygen atoms in total. The number of hydrogen-bond donors (Lipinski definition) is 1. The molecule has 20 heavy (non-hydrogen) atoms. The predicted octanol–water partition coefficient (Wildman–Crippen LogP) is 3.73. The maximum absolute atomic E-state index is 12.1. The summed E-state index contributed by atoms with van der Waals surface area (Å²) in [5, 5.41) is 4.68. The van der Waals surface area contributed by atoms with Crippen LogP contribution >= 0.6 is 34.7 Å². The summed E-state index contributed by atoms with van der Waals surface area (Å²) in [6, 6.07) is 7.31. The molecule has 106 valence electrons. The lowest BCUT2D eigenvalue weighted by Gasteiger charge is -2.16. The Bertz CT molecular complexity index is 587. The van der Waals surface area contributed by atoms with Crippen molar-refractivity contribution in [2.75, 3.05) is 18.5 Å². The Labute approximate surface area is 131 Å². The van der Waals surface area contributed by atoms with Gasteiger partial charge in [0.05, 0.1) is 10.8 Å². The van der Waals surface area contributed by atoms with Gasteiger partial charge in [0, 0.05) is 24.2 Å². The number of rotatable bonds is 5. The van der Waals surface area contributed by atoms with Crippen LogP contribution in [0.4, 0.5) is 5.69 Å². The zero-order valence-corrected chi connectivity index (χ0v) is 13.4. The highest BCUT2D eigenvalue weighted by molar-refractivity contribution is 8.00. The van der Waals surface area contributed by atoms with Crippen LogP contribution in [0.2, 0.25) is 5.02 Å². The van der Waals surface area contributed by atoms with Crippen molar-refractivity contribution >= 4 is 46.3 Å². The summed E-state index contributed by atoms with van der Waals surface area (Å²) in [4.78, 5) is 14.6. The third kappa shape index (κ3) is 4.16. The van der Waals surface area contributed by atoms with Crippen LogP contribution in [0.5, 0.6) is 0 Å². The third-order valence-corrected chi connectivity index (χ3v) is 4.95. The van der Waals surface area contributed by atoms with E-state index < -0.39 is 0 Å². The molecule has 0 aliphatic rings. The van der Waals surface area contributed by atoms with Gasteiger partial charge >= 0.3 is 0 Å². The Morgan fingerprint density at radius 1 is 1.45 bits per heavy atom. The van der Waals surface area contributed by atoms with Crippen molar-refractivity contribution in [3.63, 3.8) is 0 Å². The molecule has 0 unspecified atom stereocenters. The fourth-order valence-corrected chi connectivity index (χ4v) is 3.49. The Hall–Kier alpha value is -1.17. The highest BCUT2D eigenvalue weighted by Gasteiger charge is 2.11. The Balaban J connectivity index is 1.89. The van der Waals surface area contributed by atoms with E-state index in [9.17, 15) is 4.79 Å². The molecule has 2 aromatic rings. The number of nitrogens with two attached hydrogens (primary N) is 1. The molecule has 1 heterocycles. The lowest BCUT2D eigenvalue weighted by Crippen LogP contribution is -2.27. The zero-order chi connectivity index (χ0) is 14.5. The molecule has 2 N–H and O–H groups in total. The van der Waals surface area contributed by atoms with E-state index in [1.165, 1.54) is 11.8 Å². The molecule has 6 heteroatoms. The second-order valence-electron chi connectivity index (χ2n) is 4.36. The SMILES string of the molecule is CN(Cc1ccsc1)C(=O)CSc1cc(N)ccc1Cl. The van der Waals surface area contributed by atoms with Crippen molar-refractivity contribution in [1.82, 2.24) is 4.90 Å². The Kier molecular flexibility index (Phi) is 5.34.